The van der Waals surface area contributed by atoms with E-state index in [0.29, 0.717) is 6.54 Å². The average Bonchev–Trinajstić information content (AvgIpc) is 3.40. The van der Waals surface area contributed by atoms with Crippen molar-refractivity contribution in [2.24, 2.45) is 0 Å². The smallest absolute Gasteiger partial charge is 0.261 e. The second kappa shape index (κ2) is 6.32. The number of amides is 1. The zero-order valence-corrected chi connectivity index (χ0v) is 12.6. The zero-order chi connectivity index (χ0) is 16.4. The molecular formula is C17H16F2N2O2. The summed E-state index contributed by atoms with van der Waals surface area (Å²) in [7, 11) is 1.33. The maximum Gasteiger partial charge on any atom is 0.261 e. The van der Waals surface area contributed by atoms with Crippen LogP contribution in [0.25, 0.3) is 0 Å². The van der Waals surface area contributed by atoms with Crippen LogP contribution in [0, 0.1) is 11.6 Å². The number of pyridine rings is 1. The highest BCUT2D eigenvalue weighted by atomic mass is 19.2. The third-order valence-corrected chi connectivity index (χ3v) is 3.84. The monoisotopic (exact) mass is 318 g/mol. The van der Waals surface area contributed by atoms with Crippen molar-refractivity contribution in [3.8, 4) is 5.75 Å². The fraction of sp³-hybridized carbons (Fsp3) is 0.294. The van der Waals surface area contributed by atoms with Gasteiger partial charge in [0.1, 0.15) is 11.3 Å². The van der Waals surface area contributed by atoms with Crippen LogP contribution in [0.2, 0.25) is 0 Å². The number of aromatic nitrogens is 1. The van der Waals surface area contributed by atoms with Crippen LogP contribution in [0.4, 0.5) is 8.78 Å². The SMILES string of the molecule is COc1ccc(F)c(F)c1C(=O)N(Cc1ccncc1)C1CC1. The van der Waals surface area contributed by atoms with Crippen molar-refractivity contribution in [1.82, 2.24) is 9.88 Å². The van der Waals surface area contributed by atoms with E-state index in [4.69, 9.17) is 4.74 Å². The van der Waals surface area contributed by atoms with Crippen molar-refractivity contribution >= 4 is 5.91 Å². The van der Waals surface area contributed by atoms with Gasteiger partial charge in [-0.05, 0) is 42.7 Å². The lowest BCUT2D eigenvalue weighted by Gasteiger charge is -2.24. The van der Waals surface area contributed by atoms with Crippen LogP contribution in [0.5, 0.6) is 5.75 Å². The van der Waals surface area contributed by atoms with Crippen LogP contribution in [0.1, 0.15) is 28.8 Å². The van der Waals surface area contributed by atoms with Crippen molar-refractivity contribution in [2.45, 2.75) is 25.4 Å². The minimum Gasteiger partial charge on any atom is -0.496 e. The summed E-state index contributed by atoms with van der Waals surface area (Å²) in [6.07, 6.45) is 4.98. The molecule has 0 atom stereocenters. The van der Waals surface area contributed by atoms with Gasteiger partial charge in [0.25, 0.3) is 5.91 Å². The van der Waals surface area contributed by atoms with Crippen molar-refractivity contribution in [1.29, 1.82) is 0 Å². The fourth-order valence-corrected chi connectivity index (χ4v) is 2.48. The van der Waals surface area contributed by atoms with Gasteiger partial charge >= 0.3 is 0 Å². The first-order chi connectivity index (χ1) is 11.1. The van der Waals surface area contributed by atoms with Gasteiger partial charge in [0.2, 0.25) is 0 Å². The van der Waals surface area contributed by atoms with Crippen LogP contribution >= 0.6 is 0 Å². The van der Waals surface area contributed by atoms with E-state index in [0.717, 1.165) is 24.5 Å². The number of nitrogens with zero attached hydrogens (tertiary/aromatic N) is 2. The number of halogens is 2. The summed E-state index contributed by atoms with van der Waals surface area (Å²) in [5.41, 5.74) is 0.532. The second-order valence-electron chi connectivity index (χ2n) is 5.46. The normalized spacial score (nSPS) is 13.7. The predicted molar refractivity (Wildman–Crippen MR) is 80.0 cm³/mol. The zero-order valence-electron chi connectivity index (χ0n) is 12.6. The quantitative estimate of drug-likeness (QED) is 0.850. The molecule has 1 aliphatic rings. The summed E-state index contributed by atoms with van der Waals surface area (Å²) in [6, 6.07) is 5.85. The molecule has 1 fully saturated rings. The van der Waals surface area contributed by atoms with Crippen molar-refractivity contribution in [2.75, 3.05) is 7.11 Å². The highest BCUT2D eigenvalue weighted by molar-refractivity contribution is 5.97. The van der Waals surface area contributed by atoms with Crippen molar-refractivity contribution < 1.29 is 18.3 Å². The summed E-state index contributed by atoms with van der Waals surface area (Å²) in [6.45, 7) is 0.325. The Morgan fingerprint density at radius 1 is 1.26 bits per heavy atom. The first-order valence-electron chi connectivity index (χ1n) is 7.33. The number of hydrogen-bond donors (Lipinski definition) is 0. The first-order valence-corrected chi connectivity index (χ1v) is 7.33. The highest BCUT2D eigenvalue weighted by Gasteiger charge is 2.36. The molecule has 1 saturated carbocycles. The Kier molecular flexibility index (Phi) is 4.23. The summed E-state index contributed by atoms with van der Waals surface area (Å²) >= 11 is 0. The third kappa shape index (κ3) is 3.16. The third-order valence-electron chi connectivity index (χ3n) is 3.84. The standard InChI is InChI=1S/C17H16F2N2O2/c1-23-14-5-4-13(18)16(19)15(14)17(22)21(12-2-3-12)10-11-6-8-20-9-7-11/h4-9,12H,2-3,10H2,1H3. The summed E-state index contributed by atoms with van der Waals surface area (Å²) < 4.78 is 32.8. The molecule has 1 aromatic carbocycles. The molecular weight excluding hydrogens is 302 g/mol. The van der Waals surface area contributed by atoms with Gasteiger partial charge in [-0.1, -0.05) is 0 Å². The van der Waals surface area contributed by atoms with E-state index < -0.39 is 17.5 Å². The Balaban J connectivity index is 1.95. The lowest BCUT2D eigenvalue weighted by Crippen LogP contribution is -2.33. The number of carbonyl (C=O) groups is 1. The van der Waals surface area contributed by atoms with Crippen LogP contribution in [0.3, 0.4) is 0 Å². The molecule has 0 radical (unpaired) electrons. The predicted octanol–water partition coefficient (Wildman–Crippen LogP) is 3.17. The topological polar surface area (TPSA) is 42.4 Å². The van der Waals surface area contributed by atoms with E-state index in [1.165, 1.54) is 13.2 Å². The molecule has 6 heteroatoms. The molecule has 1 amide bonds. The van der Waals surface area contributed by atoms with Crippen LogP contribution in [0.15, 0.2) is 36.7 Å². The number of benzene rings is 1. The summed E-state index contributed by atoms with van der Waals surface area (Å²) in [5, 5.41) is 0. The van der Waals surface area contributed by atoms with Gasteiger partial charge in [-0.3, -0.25) is 9.78 Å². The van der Waals surface area contributed by atoms with Crippen molar-refractivity contribution in [3.05, 3.63) is 59.4 Å². The molecule has 1 heterocycles. The number of methoxy groups -OCH3 is 1. The molecule has 0 bridgehead atoms. The van der Waals surface area contributed by atoms with Crippen LogP contribution in [-0.2, 0) is 6.54 Å². The van der Waals surface area contributed by atoms with Gasteiger partial charge in [-0.15, -0.1) is 0 Å². The van der Waals surface area contributed by atoms with Gasteiger partial charge in [-0.2, -0.15) is 0 Å². The van der Waals surface area contributed by atoms with Gasteiger partial charge in [0.15, 0.2) is 11.6 Å². The molecule has 2 aromatic rings. The minimum atomic E-state index is -1.17. The lowest BCUT2D eigenvalue weighted by molar-refractivity contribution is 0.0720. The van der Waals surface area contributed by atoms with Crippen molar-refractivity contribution in [3.63, 3.8) is 0 Å². The van der Waals surface area contributed by atoms with E-state index in [1.807, 2.05) is 0 Å². The molecule has 23 heavy (non-hydrogen) atoms. The van der Waals surface area contributed by atoms with E-state index in [1.54, 1.807) is 29.4 Å². The van der Waals surface area contributed by atoms with E-state index in [-0.39, 0.29) is 17.4 Å². The molecule has 1 aromatic heterocycles. The summed E-state index contributed by atoms with van der Waals surface area (Å²) in [5.74, 6) is -2.75. The molecule has 0 unspecified atom stereocenters. The largest absolute Gasteiger partial charge is 0.496 e. The fourth-order valence-electron chi connectivity index (χ4n) is 2.48. The van der Waals surface area contributed by atoms with Gasteiger partial charge < -0.3 is 9.64 Å². The molecule has 3 rings (SSSR count). The molecule has 1 aliphatic carbocycles. The molecule has 0 N–H and O–H groups in total. The maximum atomic E-state index is 14.2. The van der Waals surface area contributed by atoms with Gasteiger partial charge in [-0.25, -0.2) is 8.78 Å². The van der Waals surface area contributed by atoms with E-state index in [2.05, 4.69) is 4.98 Å². The Bertz CT molecular complexity index is 718. The molecule has 0 aliphatic heterocycles. The molecule has 0 spiro atoms. The Morgan fingerprint density at radius 3 is 2.57 bits per heavy atom. The first kappa shape index (κ1) is 15.4. The number of rotatable bonds is 5. The van der Waals surface area contributed by atoms with Gasteiger partial charge in [0, 0.05) is 25.0 Å². The number of carbonyl (C=O) groups excluding carboxylic acids is 1. The Labute approximate surface area is 132 Å². The summed E-state index contributed by atoms with van der Waals surface area (Å²) in [4.78, 5) is 18.3. The van der Waals surface area contributed by atoms with Crippen LogP contribution in [-0.4, -0.2) is 28.9 Å². The number of ether oxygens (including phenoxy) is 1. The highest BCUT2D eigenvalue weighted by Crippen LogP contribution is 2.33. The van der Waals surface area contributed by atoms with E-state index >= 15 is 0 Å². The number of hydrogen-bond acceptors (Lipinski definition) is 3. The Morgan fingerprint density at radius 2 is 1.96 bits per heavy atom. The second-order valence-corrected chi connectivity index (χ2v) is 5.46. The molecule has 4 nitrogen and oxygen atoms in total. The minimum absolute atomic E-state index is 0.0364. The van der Waals surface area contributed by atoms with Gasteiger partial charge in [0.05, 0.1) is 7.11 Å². The molecule has 0 saturated heterocycles. The average molecular weight is 318 g/mol. The van der Waals surface area contributed by atoms with E-state index in [9.17, 15) is 13.6 Å². The maximum absolute atomic E-state index is 14.2. The lowest BCUT2D eigenvalue weighted by atomic mass is 10.1. The molecule has 120 valence electrons. The van der Waals surface area contributed by atoms with Crippen LogP contribution < -0.4 is 4.74 Å². The Hall–Kier alpha value is -2.50.